The van der Waals surface area contributed by atoms with Gasteiger partial charge in [0.25, 0.3) is 0 Å². The Morgan fingerprint density at radius 1 is 0.786 bits per heavy atom. The molecule has 0 bridgehead atoms. The van der Waals surface area contributed by atoms with Crippen LogP contribution in [0.5, 0.6) is 0 Å². The summed E-state index contributed by atoms with van der Waals surface area (Å²) in [5, 5.41) is 0. The predicted molar refractivity (Wildman–Crippen MR) is 40.1 cm³/mol. The van der Waals surface area contributed by atoms with Crippen LogP contribution in [0.3, 0.4) is 0 Å². The van der Waals surface area contributed by atoms with Crippen LogP contribution in [-0.4, -0.2) is 25.8 Å². The molecule has 0 aliphatic carbocycles. The normalized spacial score (nSPS) is 8.29. The van der Waals surface area contributed by atoms with Crippen molar-refractivity contribution in [3.8, 4) is 0 Å². The Kier molecular flexibility index (Phi) is 33.9. The molecule has 0 radical (unpaired) electrons. The van der Waals surface area contributed by atoms with Gasteiger partial charge >= 0.3 is 39.9 Å². The monoisotopic (exact) mass is 284 g/mol. The Balaban J connectivity index is -0.0000000178. The second kappa shape index (κ2) is 12.8. The van der Waals surface area contributed by atoms with E-state index in [9.17, 15) is 0 Å². The van der Waals surface area contributed by atoms with Gasteiger partial charge < -0.3 is 24.6 Å². The first-order chi connectivity index (χ1) is 4.00. The fourth-order valence-electron chi connectivity index (χ4n) is 0. The minimum absolute atomic E-state index is 0. The van der Waals surface area contributed by atoms with Crippen molar-refractivity contribution in [2.24, 2.45) is 0 Å². The van der Waals surface area contributed by atoms with E-state index in [0.29, 0.717) is 0 Å². The first-order valence-corrected chi connectivity index (χ1v) is 4.98. The van der Waals surface area contributed by atoms with Gasteiger partial charge in [-0.15, -0.1) is 0 Å². The predicted octanol–water partition coefficient (Wildman–Crippen LogP) is -1.36. The molecule has 0 aliphatic heterocycles. The zero-order valence-electron chi connectivity index (χ0n) is 7.07. The second-order valence-corrected chi connectivity index (χ2v) is 3.19. The molecule has 0 aromatic heterocycles. The van der Waals surface area contributed by atoms with Gasteiger partial charge in [0.05, 0.1) is 0 Å². The molecular formula is H16CrN4O8S. The molecule has 0 rings (SSSR count). The van der Waals surface area contributed by atoms with Gasteiger partial charge in [0.15, 0.2) is 0 Å². The number of rotatable bonds is 0. The molecule has 14 heavy (non-hydrogen) atoms. The van der Waals surface area contributed by atoms with Crippen molar-refractivity contribution >= 4 is 10.4 Å². The Hall–Kier alpha value is -0.238. The molecule has 0 heterocycles. The van der Waals surface area contributed by atoms with Crippen LogP contribution in [0.1, 0.15) is 0 Å². The summed E-state index contributed by atoms with van der Waals surface area (Å²) in [6, 6.07) is 0. The van der Waals surface area contributed by atoms with Crippen LogP contribution in [0.4, 0.5) is 0 Å². The SMILES string of the molecule is N.N.N.N.O=S(=O)(O)O.[O]=[Cr](=[O])([OH])[OH]. The van der Waals surface area contributed by atoms with Crippen LogP contribution in [0.25, 0.3) is 0 Å². The summed E-state index contributed by atoms with van der Waals surface area (Å²) >= 11 is -5.25. The van der Waals surface area contributed by atoms with Gasteiger partial charge in [-0.05, 0) is 0 Å². The van der Waals surface area contributed by atoms with Crippen molar-refractivity contribution in [2.75, 3.05) is 0 Å². The van der Waals surface area contributed by atoms with Gasteiger partial charge in [-0.2, -0.15) is 8.42 Å². The molecule has 0 saturated heterocycles. The van der Waals surface area contributed by atoms with Crippen molar-refractivity contribution in [3.63, 3.8) is 0 Å². The summed E-state index contributed by atoms with van der Waals surface area (Å²) in [4.78, 5) is 0. The van der Waals surface area contributed by atoms with Crippen LogP contribution in [0.2, 0.25) is 0 Å². The van der Waals surface area contributed by atoms with E-state index in [-0.39, 0.29) is 24.6 Å². The van der Waals surface area contributed by atoms with Crippen molar-refractivity contribution in [1.29, 1.82) is 0 Å². The molecule has 0 aliphatic rings. The maximum atomic E-state index is 8.82. The number of hydrogen-bond donors (Lipinski definition) is 8. The summed E-state index contributed by atoms with van der Waals surface area (Å²) in [5.74, 6) is 0. The molecule has 96 valence electrons. The standard InChI is InChI=1S/Cr.4H3N.H2O4S.2H2O.2O/c;;;;;1-5(2,3)4;;;;/h;4*1H3;(H2,1,2,3,4);2*1H2;;/q+2;;;;;;;;;/p-2. The molecule has 14 heteroatoms. The van der Waals surface area contributed by atoms with Crippen molar-refractivity contribution in [1.82, 2.24) is 24.6 Å². The topological polar surface area (TPSA) is 289 Å². The zero-order chi connectivity index (χ0) is 9.00. The average Bonchev–Trinajstić information content (AvgIpc) is 1.12. The van der Waals surface area contributed by atoms with E-state index in [0.717, 1.165) is 0 Å². The Labute approximate surface area is 82.6 Å². The van der Waals surface area contributed by atoms with Crippen LogP contribution in [0, 0.1) is 0 Å². The van der Waals surface area contributed by atoms with Gasteiger partial charge in [0, 0.05) is 0 Å². The van der Waals surface area contributed by atoms with E-state index in [1.54, 1.807) is 0 Å². The molecule has 0 atom stereocenters. The Bertz CT molecular complexity index is 218. The van der Waals surface area contributed by atoms with E-state index in [1.807, 2.05) is 0 Å². The Morgan fingerprint density at radius 2 is 0.786 bits per heavy atom. The summed E-state index contributed by atoms with van der Waals surface area (Å²) in [6.45, 7) is 0. The van der Waals surface area contributed by atoms with E-state index in [1.165, 1.54) is 0 Å². The summed E-state index contributed by atoms with van der Waals surface area (Å²) < 4.78 is 63.5. The summed E-state index contributed by atoms with van der Waals surface area (Å²) in [5.41, 5.74) is 0. The van der Waals surface area contributed by atoms with E-state index >= 15 is 0 Å². The van der Waals surface area contributed by atoms with Crippen LogP contribution in [-0.2, 0) is 31.6 Å². The molecule has 0 fully saturated rings. The van der Waals surface area contributed by atoms with Gasteiger partial charge in [0.1, 0.15) is 0 Å². The third-order valence-corrected chi connectivity index (χ3v) is 0. The molecule has 0 saturated carbocycles. The van der Waals surface area contributed by atoms with Crippen LogP contribution in [0.15, 0.2) is 0 Å². The number of hydrogen-bond acceptors (Lipinski definition) is 8. The molecule has 0 unspecified atom stereocenters. The molecule has 0 spiro atoms. The van der Waals surface area contributed by atoms with Crippen LogP contribution >= 0.6 is 0 Å². The molecule has 0 aromatic carbocycles. The third-order valence-electron chi connectivity index (χ3n) is 0. The minimum atomic E-state index is -5.25. The molecule has 12 nitrogen and oxygen atoms in total. The first-order valence-electron chi connectivity index (χ1n) is 1.40. The van der Waals surface area contributed by atoms with Gasteiger partial charge in [-0.3, -0.25) is 9.11 Å². The Morgan fingerprint density at radius 3 is 0.786 bits per heavy atom. The summed E-state index contributed by atoms with van der Waals surface area (Å²) in [6.07, 6.45) is 0. The van der Waals surface area contributed by atoms with E-state index in [4.69, 9.17) is 33.4 Å². The second-order valence-electron chi connectivity index (χ2n) is 0.896. The maximum absolute atomic E-state index is 8.82. The average molecular weight is 284 g/mol. The fourth-order valence-corrected chi connectivity index (χ4v) is 0. The van der Waals surface area contributed by atoms with Gasteiger partial charge in [-0.1, -0.05) is 0 Å². The third kappa shape index (κ3) is 24100. The molecule has 0 aromatic rings. The zero-order valence-corrected chi connectivity index (χ0v) is 9.16. The van der Waals surface area contributed by atoms with Crippen LogP contribution < -0.4 is 24.6 Å². The van der Waals surface area contributed by atoms with E-state index < -0.39 is 24.0 Å². The fraction of sp³-hybridized carbons (Fsp3) is 0. The summed E-state index contributed by atoms with van der Waals surface area (Å²) in [7, 11) is -4.67. The van der Waals surface area contributed by atoms with Crippen molar-refractivity contribution in [3.05, 3.63) is 0 Å². The first kappa shape index (κ1) is 37.2. The molecule has 0 amide bonds. The van der Waals surface area contributed by atoms with Crippen molar-refractivity contribution in [2.45, 2.75) is 0 Å². The molecule has 16 N–H and O–H groups in total. The van der Waals surface area contributed by atoms with E-state index in [2.05, 4.69) is 0 Å². The molecular weight excluding hydrogens is 268 g/mol. The quantitative estimate of drug-likeness (QED) is 0.239. The van der Waals surface area contributed by atoms with Gasteiger partial charge in [0.2, 0.25) is 0 Å². The van der Waals surface area contributed by atoms with Gasteiger partial charge in [-0.25, -0.2) is 0 Å². The van der Waals surface area contributed by atoms with Crippen molar-refractivity contribution < 1.29 is 47.1 Å².